The van der Waals surface area contributed by atoms with Gasteiger partial charge in [0.1, 0.15) is 5.82 Å². The van der Waals surface area contributed by atoms with Gasteiger partial charge in [0.15, 0.2) is 0 Å². The highest BCUT2D eigenvalue weighted by molar-refractivity contribution is 5.83. The fourth-order valence-corrected chi connectivity index (χ4v) is 2.48. The molecule has 1 fully saturated rings. The molecule has 1 aromatic heterocycles. The second-order valence-corrected chi connectivity index (χ2v) is 5.44. The third-order valence-corrected chi connectivity index (χ3v) is 3.93. The van der Waals surface area contributed by atoms with Gasteiger partial charge in [-0.15, -0.1) is 0 Å². The van der Waals surface area contributed by atoms with Gasteiger partial charge in [-0.1, -0.05) is 6.07 Å². The third-order valence-electron chi connectivity index (χ3n) is 3.93. The Morgan fingerprint density at radius 1 is 1.38 bits per heavy atom. The van der Waals surface area contributed by atoms with Crippen molar-refractivity contribution in [3.8, 4) is 0 Å². The number of aryl methyl sites for hydroxylation is 1. The Morgan fingerprint density at radius 3 is 2.81 bits per heavy atom. The smallest absolute Gasteiger partial charge is 0.227 e. The van der Waals surface area contributed by atoms with Gasteiger partial charge in [0, 0.05) is 38.5 Å². The predicted molar refractivity (Wildman–Crippen MR) is 82.0 cm³/mol. The largest absolute Gasteiger partial charge is 0.381 e. The Bertz CT molecular complexity index is 472. The summed E-state index contributed by atoms with van der Waals surface area (Å²) < 4.78 is 5.32. The van der Waals surface area contributed by atoms with E-state index in [4.69, 9.17) is 10.5 Å². The number of hydrogen-bond donors (Lipinski definition) is 3. The lowest BCUT2D eigenvalue weighted by molar-refractivity contribution is -0.135. The van der Waals surface area contributed by atoms with E-state index in [1.165, 1.54) is 0 Å². The molecule has 1 amide bonds. The quantitative estimate of drug-likeness (QED) is 0.671. The molecule has 1 aliphatic heterocycles. The molecule has 116 valence electrons. The minimum atomic E-state index is -0.458. The highest BCUT2D eigenvalue weighted by atomic mass is 16.5. The zero-order chi connectivity index (χ0) is 15.1. The lowest BCUT2D eigenvalue weighted by Crippen LogP contribution is -2.50. The molecule has 0 bridgehead atoms. The second kappa shape index (κ2) is 7.38. The molecule has 0 unspecified atom stereocenters. The molecule has 2 rings (SSSR count). The lowest BCUT2D eigenvalue weighted by atomic mass is 9.79. The van der Waals surface area contributed by atoms with E-state index in [-0.39, 0.29) is 5.91 Å². The minimum Gasteiger partial charge on any atom is -0.381 e. The van der Waals surface area contributed by atoms with Gasteiger partial charge in [0.25, 0.3) is 0 Å². The Morgan fingerprint density at radius 2 is 2.14 bits per heavy atom. The monoisotopic (exact) mass is 292 g/mol. The van der Waals surface area contributed by atoms with Gasteiger partial charge < -0.3 is 21.1 Å². The first-order valence-corrected chi connectivity index (χ1v) is 7.40. The van der Waals surface area contributed by atoms with Gasteiger partial charge in [-0.25, -0.2) is 4.98 Å². The van der Waals surface area contributed by atoms with Crippen LogP contribution >= 0.6 is 0 Å². The molecule has 2 heterocycles. The molecule has 0 atom stereocenters. The molecule has 0 aromatic carbocycles. The van der Waals surface area contributed by atoms with Crippen LogP contribution < -0.4 is 16.4 Å². The summed E-state index contributed by atoms with van der Waals surface area (Å²) in [5.74, 6) is 0.858. The van der Waals surface area contributed by atoms with E-state index in [1.54, 1.807) is 0 Å². The zero-order valence-corrected chi connectivity index (χ0v) is 12.5. The number of carbonyl (C=O) groups excluding carboxylic acids is 1. The van der Waals surface area contributed by atoms with Crippen molar-refractivity contribution >= 4 is 11.7 Å². The summed E-state index contributed by atoms with van der Waals surface area (Å²) in [4.78, 5) is 16.7. The average Bonchev–Trinajstić information content (AvgIpc) is 2.52. The predicted octanol–water partition coefficient (Wildman–Crippen LogP) is 0.674. The number of pyridine rings is 1. The lowest BCUT2D eigenvalue weighted by Gasteiger charge is -2.34. The van der Waals surface area contributed by atoms with E-state index in [0.29, 0.717) is 45.7 Å². The number of amides is 1. The van der Waals surface area contributed by atoms with Crippen molar-refractivity contribution in [3.05, 3.63) is 23.9 Å². The third kappa shape index (κ3) is 4.15. The van der Waals surface area contributed by atoms with Gasteiger partial charge in [-0.3, -0.25) is 4.79 Å². The Hall–Kier alpha value is -1.66. The molecule has 0 aliphatic carbocycles. The van der Waals surface area contributed by atoms with Crippen LogP contribution in [0.4, 0.5) is 5.82 Å². The summed E-state index contributed by atoms with van der Waals surface area (Å²) in [5, 5.41) is 6.16. The van der Waals surface area contributed by atoms with E-state index in [1.807, 2.05) is 25.1 Å². The molecule has 0 spiro atoms. The molecule has 0 radical (unpaired) electrons. The standard InChI is InChI=1S/C15H24N4O2/c1-12-3-2-4-13(19-12)17-7-8-18-14(20)15(11-16)5-9-21-10-6-15/h2-4H,5-11,16H2,1H3,(H,17,19)(H,18,20). The number of hydrogen-bond acceptors (Lipinski definition) is 5. The van der Waals surface area contributed by atoms with Gasteiger partial charge in [0.05, 0.1) is 5.41 Å². The number of anilines is 1. The first-order valence-electron chi connectivity index (χ1n) is 7.40. The first-order chi connectivity index (χ1) is 10.2. The highest BCUT2D eigenvalue weighted by Gasteiger charge is 2.38. The zero-order valence-electron chi connectivity index (χ0n) is 12.5. The van der Waals surface area contributed by atoms with Crippen LogP contribution in [0.5, 0.6) is 0 Å². The number of ether oxygens (including phenoxy) is 1. The number of aromatic nitrogens is 1. The average molecular weight is 292 g/mol. The summed E-state index contributed by atoms with van der Waals surface area (Å²) >= 11 is 0. The van der Waals surface area contributed by atoms with Gasteiger partial charge >= 0.3 is 0 Å². The van der Waals surface area contributed by atoms with E-state index >= 15 is 0 Å². The van der Waals surface area contributed by atoms with Crippen molar-refractivity contribution in [2.24, 2.45) is 11.1 Å². The number of nitrogens with two attached hydrogens (primary N) is 1. The summed E-state index contributed by atoms with van der Waals surface area (Å²) in [5.41, 5.74) is 6.32. The van der Waals surface area contributed by atoms with E-state index < -0.39 is 5.41 Å². The fourth-order valence-electron chi connectivity index (χ4n) is 2.48. The van der Waals surface area contributed by atoms with Gasteiger partial charge in [0.2, 0.25) is 5.91 Å². The van der Waals surface area contributed by atoms with Crippen LogP contribution in [-0.4, -0.2) is 43.7 Å². The van der Waals surface area contributed by atoms with Crippen LogP contribution in [0, 0.1) is 12.3 Å². The number of rotatable bonds is 6. The summed E-state index contributed by atoms with van der Waals surface area (Å²) in [6.07, 6.45) is 1.39. The van der Waals surface area contributed by atoms with E-state index in [9.17, 15) is 4.79 Å². The number of nitrogens with one attached hydrogen (secondary N) is 2. The van der Waals surface area contributed by atoms with Crippen molar-refractivity contribution in [2.75, 3.05) is 38.2 Å². The summed E-state index contributed by atoms with van der Waals surface area (Å²) in [7, 11) is 0. The number of nitrogens with zero attached hydrogens (tertiary/aromatic N) is 1. The van der Waals surface area contributed by atoms with Gasteiger partial charge in [-0.2, -0.15) is 0 Å². The second-order valence-electron chi connectivity index (χ2n) is 5.44. The molecule has 4 N–H and O–H groups in total. The van der Waals surface area contributed by atoms with Gasteiger partial charge in [-0.05, 0) is 31.9 Å². The van der Waals surface area contributed by atoms with Crippen molar-refractivity contribution in [1.29, 1.82) is 0 Å². The van der Waals surface area contributed by atoms with Crippen LogP contribution in [0.3, 0.4) is 0 Å². The van der Waals surface area contributed by atoms with E-state index in [0.717, 1.165) is 11.5 Å². The molecular weight excluding hydrogens is 268 g/mol. The Labute approximate surface area is 125 Å². The van der Waals surface area contributed by atoms with Crippen LogP contribution in [0.25, 0.3) is 0 Å². The Kier molecular flexibility index (Phi) is 5.52. The van der Waals surface area contributed by atoms with Crippen LogP contribution in [0.1, 0.15) is 18.5 Å². The molecule has 1 aliphatic rings. The van der Waals surface area contributed by atoms with Crippen LogP contribution in [0.15, 0.2) is 18.2 Å². The van der Waals surface area contributed by atoms with Crippen molar-refractivity contribution in [2.45, 2.75) is 19.8 Å². The maximum Gasteiger partial charge on any atom is 0.227 e. The SMILES string of the molecule is Cc1cccc(NCCNC(=O)C2(CN)CCOCC2)n1. The van der Waals surface area contributed by atoms with Crippen LogP contribution in [0.2, 0.25) is 0 Å². The molecular formula is C15H24N4O2. The molecule has 21 heavy (non-hydrogen) atoms. The summed E-state index contributed by atoms with van der Waals surface area (Å²) in [6, 6.07) is 5.81. The normalized spacial score (nSPS) is 17.2. The molecule has 0 saturated carbocycles. The van der Waals surface area contributed by atoms with Crippen LogP contribution in [-0.2, 0) is 9.53 Å². The Balaban J connectivity index is 1.76. The maximum atomic E-state index is 12.3. The molecule has 1 aromatic rings. The maximum absolute atomic E-state index is 12.3. The molecule has 6 heteroatoms. The topological polar surface area (TPSA) is 89.3 Å². The van der Waals surface area contributed by atoms with Crippen molar-refractivity contribution < 1.29 is 9.53 Å². The number of carbonyl (C=O) groups is 1. The van der Waals surface area contributed by atoms with Crippen molar-refractivity contribution in [3.63, 3.8) is 0 Å². The highest BCUT2D eigenvalue weighted by Crippen LogP contribution is 2.29. The molecule has 1 saturated heterocycles. The summed E-state index contributed by atoms with van der Waals surface area (Å²) in [6.45, 7) is 4.72. The minimum absolute atomic E-state index is 0.0345. The molecule has 6 nitrogen and oxygen atoms in total. The van der Waals surface area contributed by atoms with E-state index in [2.05, 4.69) is 15.6 Å². The van der Waals surface area contributed by atoms with Crippen molar-refractivity contribution in [1.82, 2.24) is 10.3 Å². The fraction of sp³-hybridized carbons (Fsp3) is 0.600. The first kappa shape index (κ1) is 15.7.